The van der Waals surface area contributed by atoms with Crippen LogP contribution < -0.4 is 0 Å². The molecular formula is C13H18N2O2. The molecule has 4 heteroatoms. The van der Waals surface area contributed by atoms with E-state index in [2.05, 4.69) is 18.1 Å². The van der Waals surface area contributed by atoms with Crippen LogP contribution in [0.1, 0.15) is 24.1 Å². The van der Waals surface area contributed by atoms with Crippen molar-refractivity contribution >= 4 is 5.97 Å². The third-order valence-corrected chi connectivity index (χ3v) is 2.51. The maximum atomic E-state index is 11.3. The van der Waals surface area contributed by atoms with E-state index >= 15 is 0 Å². The van der Waals surface area contributed by atoms with Crippen molar-refractivity contribution in [2.45, 2.75) is 33.9 Å². The largest absolute Gasteiger partial charge is 0.456 e. The number of carbonyl (C=O) groups excluding carboxylic acids is 1. The molecule has 0 N–H and O–H groups in total. The molecule has 0 aliphatic carbocycles. The molecule has 0 aliphatic heterocycles. The molecule has 1 aromatic rings. The number of allylic oxidation sites excluding steroid dienone is 1. The number of rotatable bonds is 5. The first kappa shape index (κ1) is 13.2. The van der Waals surface area contributed by atoms with Gasteiger partial charge < -0.3 is 9.30 Å². The molecule has 0 radical (unpaired) electrons. The summed E-state index contributed by atoms with van der Waals surface area (Å²) in [6.07, 6.45) is 1.81. The minimum Gasteiger partial charge on any atom is -0.456 e. The van der Waals surface area contributed by atoms with E-state index in [-0.39, 0.29) is 12.6 Å². The van der Waals surface area contributed by atoms with Crippen molar-refractivity contribution in [3.63, 3.8) is 0 Å². The highest BCUT2D eigenvalue weighted by atomic mass is 16.5. The SMILES string of the molecule is C=CCn1c(C)nc(COC(=O)C(=C)C)c1C. The van der Waals surface area contributed by atoms with Crippen LogP contribution >= 0.6 is 0 Å². The minimum atomic E-state index is -0.389. The van der Waals surface area contributed by atoms with Gasteiger partial charge in [0.2, 0.25) is 0 Å². The average molecular weight is 234 g/mol. The number of nitrogens with zero attached hydrogens (tertiary/aromatic N) is 2. The number of esters is 1. The van der Waals surface area contributed by atoms with Gasteiger partial charge in [-0.3, -0.25) is 0 Å². The first-order valence-electron chi connectivity index (χ1n) is 5.43. The quantitative estimate of drug-likeness (QED) is 0.446. The van der Waals surface area contributed by atoms with Gasteiger partial charge in [0.05, 0.1) is 5.69 Å². The molecule has 0 fully saturated rings. The number of hydrogen-bond donors (Lipinski definition) is 0. The Morgan fingerprint density at radius 2 is 2.18 bits per heavy atom. The van der Waals surface area contributed by atoms with Crippen LogP contribution in [0.4, 0.5) is 0 Å². The van der Waals surface area contributed by atoms with Crippen LogP contribution in [0, 0.1) is 13.8 Å². The van der Waals surface area contributed by atoms with Crippen molar-refractivity contribution in [1.29, 1.82) is 0 Å². The minimum absolute atomic E-state index is 0.183. The number of ether oxygens (including phenoxy) is 1. The van der Waals surface area contributed by atoms with Gasteiger partial charge in [-0.25, -0.2) is 9.78 Å². The van der Waals surface area contributed by atoms with E-state index in [9.17, 15) is 4.79 Å². The van der Waals surface area contributed by atoms with Crippen LogP contribution in [0.25, 0.3) is 0 Å². The molecule has 92 valence electrons. The Labute approximate surface area is 102 Å². The molecule has 0 spiro atoms. The summed E-state index contributed by atoms with van der Waals surface area (Å²) in [7, 11) is 0. The van der Waals surface area contributed by atoms with E-state index in [4.69, 9.17) is 4.74 Å². The van der Waals surface area contributed by atoms with Crippen molar-refractivity contribution in [3.05, 3.63) is 42.0 Å². The van der Waals surface area contributed by atoms with Gasteiger partial charge in [0, 0.05) is 17.8 Å². The first-order chi connectivity index (χ1) is 7.97. The Kier molecular flexibility index (Phi) is 4.26. The molecule has 1 heterocycles. The Morgan fingerprint density at radius 3 is 2.71 bits per heavy atom. The maximum absolute atomic E-state index is 11.3. The number of aromatic nitrogens is 2. The number of carbonyl (C=O) groups is 1. The fraction of sp³-hybridized carbons (Fsp3) is 0.385. The van der Waals surface area contributed by atoms with Crippen molar-refractivity contribution in [3.8, 4) is 0 Å². The monoisotopic (exact) mass is 234 g/mol. The normalized spacial score (nSPS) is 10.1. The van der Waals surface area contributed by atoms with Crippen molar-refractivity contribution in [1.82, 2.24) is 9.55 Å². The zero-order chi connectivity index (χ0) is 13.0. The summed E-state index contributed by atoms with van der Waals surface area (Å²) in [5.41, 5.74) is 2.17. The molecule has 1 rings (SSSR count). The first-order valence-corrected chi connectivity index (χ1v) is 5.43. The van der Waals surface area contributed by atoms with Crippen LogP contribution in [0.15, 0.2) is 24.8 Å². The highest BCUT2D eigenvalue weighted by Gasteiger charge is 2.12. The van der Waals surface area contributed by atoms with Gasteiger partial charge in [-0.2, -0.15) is 0 Å². The summed E-state index contributed by atoms with van der Waals surface area (Å²) in [6.45, 7) is 13.6. The van der Waals surface area contributed by atoms with Crippen LogP contribution in [-0.2, 0) is 22.7 Å². The lowest BCUT2D eigenvalue weighted by Gasteiger charge is -2.05. The fourth-order valence-corrected chi connectivity index (χ4v) is 1.53. The van der Waals surface area contributed by atoms with E-state index in [0.29, 0.717) is 12.1 Å². The van der Waals surface area contributed by atoms with E-state index in [0.717, 1.165) is 17.2 Å². The molecule has 1 aromatic heterocycles. The zero-order valence-electron chi connectivity index (χ0n) is 10.6. The number of hydrogen-bond acceptors (Lipinski definition) is 3. The Hall–Kier alpha value is -1.84. The van der Waals surface area contributed by atoms with Gasteiger partial charge in [0.25, 0.3) is 0 Å². The van der Waals surface area contributed by atoms with E-state index in [1.54, 1.807) is 6.92 Å². The summed E-state index contributed by atoms with van der Waals surface area (Å²) < 4.78 is 7.10. The summed E-state index contributed by atoms with van der Waals surface area (Å²) >= 11 is 0. The van der Waals surface area contributed by atoms with Gasteiger partial charge in [0.1, 0.15) is 12.4 Å². The second-order valence-electron chi connectivity index (χ2n) is 3.95. The van der Waals surface area contributed by atoms with Crippen LogP contribution in [0.3, 0.4) is 0 Å². The van der Waals surface area contributed by atoms with Gasteiger partial charge in [-0.15, -0.1) is 6.58 Å². The summed E-state index contributed by atoms with van der Waals surface area (Å²) in [4.78, 5) is 15.6. The summed E-state index contributed by atoms with van der Waals surface area (Å²) in [5.74, 6) is 0.504. The van der Waals surface area contributed by atoms with Crippen molar-refractivity contribution in [2.75, 3.05) is 0 Å². The molecular weight excluding hydrogens is 216 g/mol. The number of imidazole rings is 1. The van der Waals surface area contributed by atoms with Crippen LogP contribution in [-0.4, -0.2) is 15.5 Å². The zero-order valence-corrected chi connectivity index (χ0v) is 10.6. The molecule has 0 saturated heterocycles. The molecule has 0 aromatic carbocycles. The Morgan fingerprint density at radius 1 is 1.53 bits per heavy atom. The smallest absolute Gasteiger partial charge is 0.333 e. The van der Waals surface area contributed by atoms with E-state index in [1.165, 1.54) is 0 Å². The molecule has 0 bridgehead atoms. The molecule has 0 unspecified atom stereocenters. The highest BCUT2D eigenvalue weighted by Crippen LogP contribution is 2.12. The average Bonchev–Trinajstić information content (AvgIpc) is 2.53. The lowest BCUT2D eigenvalue weighted by atomic mass is 10.3. The van der Waals surface area contributed by atoms with Crippen molar-refractivity contribution < 1.29 is 9.53 Å². The van der Waals surface area contributed by atoms with Gasteiger partial charge in [0.15, 0.2) is 0 Å². The lowest BCUT2D eigenvalue weighted by molar-refractivity contribution is -0.140. The molecule has 0 saturated carbocycles. The van der Waals surface area contributed by atoms with E-state index in [1.807, 2.05) is 24.5 Å². The summed E-state index contributed by atoms with van der Waals surface area (Å²) in [5, 5.41) is 0. The summed E-state index contributed by atoms with van der Waals surface area (Å²) in [6, 6.07) is 0. The van der Waals surface area contributed by atoms with Gasteiger partial charge in [-0.05, 0) is 20.8 Å². The van der Waals surface area contributed by atoms with E-state index < -0.39 is 0 Å². The highest BCUT2D eigenvalue weighted by molar-refractivity contribution is 5.86. The third-order valence-electron chi connectivity index (χ3n) is 2.51. The molecule has 4 nitrogen and oxygen atoms in total. The second-order valence-corrected chi connectivity index (χ2v) is 3.95. The van der Waals surface area contributed by atoms with Crippen LogP contribution in [0.2, 0.25) is 0 Å². The Bertz CT molecular complexity index is 458. The standard InChI is InChI=1S/C13H18N2O2/c1-6-7-15-10(4)12(14-11(15)5)8-17-13(16)9(2)3/h6H,1-2,7-8H2,3-5H3. The predicted molar refractivity (Wildman–Crippen MR) is 66.5 cm³/mol. The molecule has 0 atom stereocenters. The molecule has 17 heavy (non-hydrogen) atoms. The number of aryl methyl sites for hydroxylation is 1. The topological polar surface area (TPSA) is 44.1 Å². The third kappa shape index (κ3) is 3.06. The Balaban J connectivity index is 2.79. The second kappa shape index (κ2) is 5.48. The maximum Gasteiger partial charge on any atom is 0.333 e. The lowest BCUT2D eigenvalue weighted by Crippen LogP contribution is -2.06. The fourth-order valence-electron chi connectivity index (χ4n) is 1.53. The van der Waals surface area contributed by atoms with Crippen LogP contribution in [0.5, 0.6) is 0 Å². The van der Waals surface area contributed by atoms with Gasteiger partial charge >= 0.3 is 5.97 Å². The van der Waals surface area contributed by atoms with Gasteiger partial charge in [-0.1, -0.05) is 12.7 Å². The molecule has 0 amide bonds. The van der Waals surface area contributed by atoms with Crippen molar-refractivity contribution in [2.24, 2.45) is 0 Å². The molecule has 0 aliphatic rings. The predicted octanol–water partition coefficient (Wildman–Crippen LogP) is 2.31.